The van der Waals surface area contributed by atoms with Crippen LogP contribution in [0.1, 0.15) is 34.3 Å². The maximum absolute atomic E-state index is 12.1. The van der Waals surface area contributed by atoms with Gasteiger partial charge in [-0.25, -0.2) is 0 Å². The minimum Gasteiger partial charge on any atom is -0.489 e. The maximum Gasteiger partial charge on any atom is 0.163 e. The molecule has 0 aliphatic heterocycles. The Morgan fingerprint density at radius 3 is 2.57 bits per heavy atom. The Hall–Kier alpha value is -1.61. The predicted octanol–water partition coefficient (Wildman–Crippen LogP) is 4.93. The largest absolute Gasteiger partial charge is 0.489 e. The lowest BCUT2D eigenvalue weighted by atomic mass is 10.0. The summed E-state index contributed by atoms with van der Waals surface area (Å²) in [6.07, 6.45) is 1.45. The molecule has 2 nitrogen and oxygen atoms in total. The van der Waals surface area contributed by atoms with Gasteiger partial charge in [0.25, 0.3) is 0 Å². The highest BCUT2D eigenvalue weighted by molar-refractivity contribution is 9.09. The summed E-state index contributed by atoms with van der Waals surface area (Å²) in [5, 5.41) is 0.857. The molecule has 21 heavy (non-hydrogen) atoms. The summed E-state index contributed by atoms with van der Waals surface area (Å²) < 4.78 is 5.77. The first-order chi connectivity index (χ1) is 10.2. The molecule has 0 saturated heterocycles. The Labute approximate surface area is 134 Å². The molecule has 0 N–H and O–H groups in total. The number of carbonyl (C=O) groups is 1. The van der Waals surface area contributed by atoms with E-state index in [2.05, 4.69) is 15.9 Å². The average Bonchev–Trinajstić information content (AvgIpc) is 2.51. The average molecular weight is 347 g/mol. The van der Waals surface area contributed by atoms with E-state index in [-0.39, 0.29) is 5.78 Å². The number of hydrogen-bond acceptors (Lipinski definition) is 2. The molecule has 3 heteroatoms. The van der Waals surface area contributed by atoms with Crippen LogP contribution in [0.2, 0.25) is 0 Å². The highest BCUT2D eigenvalue weighted by Crippen LogP contribution is 2.20. The van der Waals surface area contributed by atoms with Gasteiger partial charge in [0.1, 0.15) is 12.4 Å². The first kappa shape index (κ1) is 15.8. The fourth-order valence-electron chi connectivity index (χ4n) is 2.14. The number of rotatable bonds is 7. The number of ether oxygens (including phenoxy) is 1. The van der Waals surface area contributed by atoms with Crippen molar-refractivity contribution < 1.29 is 9.53 Å². The number of hydrogen-bond donors (Lipinski definition) is 0. The Balaban J connectivity index is 2.00. The van der Waals surface area contributed by atoms with Gasteiger partial charge in [-0.05, 0) is 42.7 Å². The summed E-state index contributed by atoms with van der Waals surface area (Å²) in [6, 6.07) is 15.7. The highest BCUT2D eigenvalue weighted by Gasteiger charge is 2.09. The number of ketones is 1. The molecule has 110 valence electrons. The van der Waals surface area contributed by atoms with Crippen LogP contribution in [0.4, 0.5) is 0 Å². The first-order valence-corrected chi connectivity index (χ1v) is 8.19. The van der Waals surface area contributed by atoms with E-state index in [1.165, 1.54) is 0 Å². The van der Waals surface area contributed by atoms with E-state index < -0.39 is 0 Å². The molecule has 0 heterocycles. The number of benzene rings is 2. The van der Waals surface area contributed by atoms with Crippen molar-refractivity contribution in [1.29, 1.82) is 0 Å². The molecule has 0 bridgehead atoms. The van der Waals surface area contributed by atoms with Crippen LogP contribution in [0.5, 0.6) is 5.75 Å². The lowest BCUT2D eigenvalue weighted by Crippen LogP contribution is -2.03. The van der Waals surface area contributed by atoms with Gasteiger partial charge in [0.05, 0.1) is 0 Å². The van der Waals surface area contributed by atoms with Gasteiger partial charge >= 0.3 is 0 Å². The third-order valence-electron chi connectivity index (χ3n) is 3.28. The molecule has 0 spiro atoms. The second-order valence-electron chi connectivity index (χ2n) is 4.97. The number of alkyl halides is 1. The molecule has 0 fully saturated rings. The van der Waals surface area contributed by atoms with Crippen molar-refractivity contribution in [3.63, 3.8) is 0 Å². The Morgan fingerprint density at radius 1 is 1.14 bits per heavy atom. The van der Waals surface area contributed by atoms with Crippen molar-refractivity contribution in [2.45, 2.75) is 26.4 Å². The first-order valence-electron chi connectivity index (χ1n) is 7.07. The molecule has 0 aromatic heterocycles. The van der Waals surface area contributed by atoms with E-state index in [4.69, 9.17) is 4.74 Å². The minimum absolute atomic E-state index is 0.196. The molecule has 2 aromatic carbocycles. The van der Waals surface area contributed by atoms with E-state index in [1.807, 2.05) is 55.5 Å². The fraction of sp³-hybridized carbons (Fsp3) is 0.278. The third kappa shape index (κ3) is 4.71. The van der Waals surface area contributed by atoms with Crippen molar-refractivity contribution in [2.75, 3.05) is 5.33 Å². The van der Waals surface area contributed by atoms with Crippen LogP contribution < -0.4 is 4.74 Å². The van der Waals surface area contributed by atoms with Gasteiger partial charge in [0.2, 0.25) is 0 Å². The summed E-state index contributed by atoms with van der Waals surface area (Å²) in [7, 11) is 0. The molecular weight excluding hydrogens is 328 g/mol. The van der Waals surface area contributed by atoms with Gasteiger partial charge in [0, 0.05) is 17.3 Å². The zero-order valence-corrected chi connectivity index (χ0v) is 13.7. The standard InChI is InChI=1S/C18H19BrO2/c1-14-12-16(21-13-15-6-3-2-4-7-15)9-10-17(14)18(20)8-5-11-19/h2-4,6-7,9-10,12H,5,8,11,13H2,1H3. The summed E-state index contributed by atoms with van der Waals surface area (Å²) in [5.41, 5.74) is 2.90. The minimum atomic E-state index is 0.196. The van der Waals surface area contributed by atoms with E-state index in [9.17, 15) is 4.79 Å². The highest BCUT2D eigenvalue weighted by atomic mass is 79.9. The van der Waals surface area contributed by atoms with Crippen LogP contribution in [0.3, 0.4) is 0 Å². The van der Waals surface area contributed by atoms with Gasteiger partial charge in [-0.15, -0.1) is 0 Å². The summed E-state index contributed by atoms with van der Waals surface area (Å²) in [6.45, 7) is 2.49. The Bertz CT molecular complexity index is 593. The topological polar surface area (TPSA) is 26.3 Å². The molecule has 0 saturated carbocycles. The van der Waals surface area contributed by atoms with Crippen molar-refractivity contribution in [3.8, 4) is 5.75 Å². The molecular formula is C18H19BrO2. The molecule has 0 amide bonds. The Morgan fingerprint density at radius 2 is 1.90 bits per heavy atom. The maximum atomic E-state index is 12.1. The van der Waals surface area contributed by atoms with Crippen molar-refractivity contribution >= 4 is 21.7 Å². The van der Waals surface area contributed by atoms with E-state index in [1.54, 1.807) is 0 Å². The second kappa shape index (κ2) is 7.99. The number of carbonyl (C=O) groups excluding carboxylic acids is 1. The van der Waals surface area contributed by atoms with Gasteiger partial charge in [0.15, 0.2) is 5.78 Å². The molecule has 0 atom stereocenters. The monoisotopic (exact) mass is 346 g/mol. The second-order valence-corrected chi connectivity index (χ2v) is 5.76. The molecule has 0 aliphatic carbocycles. The summed E-state index contributed by atoms with van der Waals surface area (Å²) in [5.74, 6) is 0.995. The zero-order chi connectivity index (χ0) is 15.1. The molecule has 0 unspecified atom stereocenters. The fourth-order valence-corrected chi connectivity index (χ4v) is 2.42. The molecule has 2 rings (SSSR count). The van der Waals surface area contributed by atoms with Gasteiger partial charge in [-0.2, -0.15) is 0 Å². The van der Waals surface area contributed by atoms with Crippen molar-refractivity contribution in [1.82, 2.24) is 0 Å². The van der Waals surface area contributed by atoms with Crippen LogP contribution in [-0.4, -0.2) is 11.1 Å². The molecule has 0 radical (unpaired) electrons. The van der Waals surface area contributed by atoms with Gasteiger partial charge in [-0.3, -0.25) is 4.79 Å². The third-order valence-corrected chi connectivity index (χ3v) is 3.84. The number of halogens is 1. The smallest absolute Gasteiger partial charge is 0.163 e. The summed E-state index contributed by atoms with van der Waals surface area (Å²) in [4.78, 5) is 12.1. The van der Waals surface area contributed by atoms with Crippen molar-refractivity contribution in [2.24, 2.45) is 0 Å². The Kier molecular flexibility index (Phi) is 6.00. The lowest BCUT2D eigenvalue weighted by molar-refractivity contribution is 0.0981. The van der Waals surface area contributed by atoms with Crippen molar-refractivity contribution in [3.05, 3.63) is 65.2 Å². The zero-order valence-electron chi connectivity index (χ0n) is 12.1. The van der Waals surface area contributed by atoms with Crippen LogP contribution in [0.15, 0.2) is 48.5 Å². The van der Waals surface area contributed by atoms with Gasteiger partial charge in [-0.1, -0.05) is 46.3 Å². The van der Waals surface area contributed by atoms with Crippen LogP contribution in [0, 0.1) is 6.92 Å². The quantitative estimate of drug-likeness (QED) is 0.524. The van der Waals surface area contributed by atoms with E-state index in [0.717, 1.165) is 34.2 Å². The van der Waals surface area contributed by atoms with E-state index in [0.29, 0.717) is 13.0 Å². The SMILES string of the molecule is Cc1cc(OCc2ccccc2)ccc1C(=O)CCCBr. The van der Waals surface area contributed by atoms with Crippen LogP contribution in [-0.2, 0) is 6.61 Å². The number of aryl methyl sites for hydroxylation is 1. The predicted molar refractivity (Wildman–Crippen MR) is 89.3 cm³/mol. The van der Waals surface area contributed by atoms with Crippen LogP contribution >= 0.6 is 15.9 Å². The molecule has 2 aromatic rings. The van der Waals surface area contributed by atoms with E-state index >= 15 is 0 Å². The summed E-state index contributed by atoms with van der Waals surface area (Å²) >= 11 is 3.35. The lowest BCUT2D eigenvalue weighted by Gasteiger charge is -2.10. The van der Waals surface area contributed by atoms with Gasteiger partial charge < -0.3 is 4.74 Å². The molecule has 0 aliphatic rings. The number of Topliss-reactive ketones (excluding diaryl/α,β-unsaturated/α-hetero) is 1. The normalized spacial score (nSPS) is 10.4. The van der Waals surface area contributed by atoms with Crippen LogP contribution in [0.25, 0.3) is 0 Å².